The van der Waals surface area contributed by atoms with Crippen LogP contribution in [-0.4, -0.2) is 50.4 Å². The van der Waals surface area contributed by atoms with Gasteiger partial charge in [-0.25, -0.2) is 13.4 Å². The summed E-state index contributed by atoms with van der Waals surface area (Å²) in [6.07, 6.45) is -3.02. The van der Waals surface area contributed by atoms with Gasteiger partial charge in [-0.2, -0.15) is 18.3 Å². The molecule has 0 aliphatic carbocycles. The summed E-state index contributed by atoms with van der Waals surface area (Å²) in [4.78, 5) is 4.31. The number of rotatable bonds is 2. The quantitative estimate of drug-likeness (QED) is 0.500. The molecule has 1 fully saturated rings. The van der Waals surface area contributed by atoms with Crippen LogP contribution in [0.5, 0.6) is 5.75 Å². The average molecular weight is 427 g/mol. The lowest BCUT2D eigenvalue weighted by atomic mass is 10.0. The molecule has 30 heavy (non-hydrogen) atoms. The summed E-state index contributed by atoms with van der Waals surface area (Å²) in [6, 6.07) is 1.96. The molecule has 0 spiro atoms. The third-order valence-corrected chi connectivity index (χ3v) is 5.08. The number of aromatic hydroxyl groups is 1. The Labute approximate surface area is 166 Å². The number of halogens is 5. The molecule has 1 aliphatic rings. The van der Waals surface area contributed by atoms with Crippen molar-refractivity contribution in [1.82, 2.24) is 14.8 Å². The number of phenolic OH excluding ortho intramolecular Hbond substituents is 1. The largest absolute Gasteiger partial charge is 0.503 e. The van der Waals surface area contributed by atoms with E-state index in [2.05, 4.69) is 10.1 Å². The van der Waals surface area contributed by atoms with E-state index < -0.39 is 34.7 Å². The van der Waals surface area contributed by atoms with Crippen LogP contribution in [-0.2, 0) is 18.0 Å². The maximum atomic E-state index is 14.5. The number of pyridine rings is 1. The minimum absolute atomic E-state index is 0.190. The summed E-state index contributed by atoms with van der Waals surface area (Å²) in [5.74, 6) is -4.75. The lowest BCUT2D eigenvalue weighted by molar-refractivity contribution is -0.411. The highest BCUT2D eigenvalue weighted by Gasteiger charge is 2.38. The van der Waals surface area contributed by atoms with Crippen molar-refractivity contribution in [3.05, 3.63) is 35.5 Å². The van der Waals surface area contributed by atoms with Crippen LogP contribution < -0.4 is 0 Å². The van der Waals surface area contributed by atoms with E-state index in [0.29, 0.717) is 30.6 Å². The predicted molar refractivity (Wildman–Crippen MR) is 96.8 cm³/mol. The molecule has 11 heteroatoms. The SMILES string of the molecule is Cn1nc(-c2cc(C(F)(F)F)c(F)c(O)c2F)c2cnc(/[N+](C)=C3/CCOC3)cc21. The minimum Gasteiger partial charge on any atom is -0.503 e. The molecule has 3 heterocycles. The lowest BCUT2D eigenvalue weighted by Crippen LogP contribution is -2.13. The predicted octanol–water partition coefficient (Wildman–Crippen LogP) is 3.77. The fraction of sp³-hybridized carbons (Fsp3) is 0.316. The summed E-state index contributed by atoms with van der Waals surface area (Å²) in [6.45, 7) is 1.07. The Hall–Kier alpha value is -3.08. The zero-order valence-electron chi connectivity index (χ0n) is 15.9. The molecule has 0 bridgehead atoms. The molecule has 0 unspecified atom stereocenters. The van der Waals surface area contributed by atoms with E-state index in [-0.39, 0.29) is 11.1 Å². The zero-order valence-corrected chi connectivity index (χ0v) is 15.9. The number of benzene rings is 1. The van der Waals surface area contributed by atoms with Gasteiger partial charge >= 0.3 is 12.0 Å². The molecule has 1 saturated heterocycles. The molecule has 3 aromatic rings. The molecule has 0 atom stereocenters. The number of nitrogens with zero attached hydrogens (tertiary/aromatic N) is 4. The molecule has 0 radical (unpaired) electrons. The van der Waals surface area contributed by atoms with Crippen molar-refractivity contribution in [1.29, 1.82) is 0 Å². The van der Waals surface area contributed by atoms with Crippen LogP contribution in [0.1, 0.15) is 12.0 Å². The van der Waals surface area contributed by atoms with Gasteiger partial charge < -0.3 is 9.84 Å². The van der Waals surface area contributed by atoms with Crippen LogP contribution in [0.4, 0.5) is 27.8 Å². The van der Waals surface area contributed by atoms with Crippen molar-refractivity contribution < 1.29 is 36.4 Å². The highest BCUT2D eigenvalue weighted by atomic mass is 19.4. The number of ether oxygens (including phenoxy) is 1. The van der Waals surface area contributed by atoms with Gasteiger partial charge in [-0.05, 0) is 11.1 Å². The zero-order chi connectivity index (χ0) is 21.8. The van der Waals surface area contributed by atoms with E-state index in [1.165, 1.54) is 17.9 Å². The van der Waals surface area contributed by atoms with Gasteiger partial charge in [-0.1, -0.05) is 0 Å². The van der Waals surface area contributed by atoms with E-state index in [0.717, 1.165) is 12.1 Å². The molecule has 1 N–H and O–H groups in total. The summed E-state index contributed by atoms with van der Waals surface area (Å²) < 4.78 is 76.2. The van der Waals surface area contributed by atoms with Crippen molar-refractivity contribution in [3.63, 3.8) is 0 Å². The molecule has 1 aromatic carbocycles. The number of phenols is 1. The molecule has 0 amide bonds. The van der Waals surface area contributed by atoms with Gasteiger partial charge in [0, 0.05) is 19.0 Å². The van der Waals surface area contributed by atoms with E-state index in [4.69, 9.17) is 4.74 Å². The highest BCUT2D eigenvalue weighted by Crippen LogP contribution is 2.41. The van der Waals surface area contributed by atoms with Gasteiger partial charge in [-0.3, -0.25) is 4.68 Å². The van der Waals surface area contributed by atoms with E-state index in [9.17, 15) is 27.1 Å². The second-order valence-corrected chi connectivity index (χ2v) is 6.91. The number of aryl methyl sites for hydroxylation is 1. The molecule has 6 nitrogen and oxygen atoms in total. The van der Waals surface area contributed by atoms with Gasteiger partial charge in [0.05, 0.1) is 36.2 Å². The Morgan fingerprint density at radius 2 is 1.93 bits per heavy atom. The Morgan fingerprint density at radius 3 is 2.57 bits per heavy atom. The minimum atomic E-state index is -5.12. The molecular formula is C19H16F5N4O2+. The molecule has 4 rings (SSSR count). The van der Waals surface area contributed by atoms with Crippen molar-refractivity contribution in [2.45, 2.75) is 12.6 Å². The molecule has 2 aromatic heterocycles. The Balaban J connectivity index is 1.91. The Kier molecular flexibility index (Phi) is 4.72. The van der Waals surface area contributed by atoms with Gasteiger partial charge in [-0.15, -0.1) is 0 Å². The fourth-order valence-electron chi connectivity index (χ4n) is 3.40. The van der Waals surface area contributed by atoms with Crippen LogP contribution >= 0.6 is 0 Å². The number of hydrogen-bond donors (Lipinski definition) is 1. The number of hydrogen-bond acceptors (Lipinski definition) is 4. The van der Waals surface area contributed by atoms with Crippen molar-refractivity contribution in [2.75, 3.05) is 20.3 Å². The Morgan fingerprint density at radius 1 is 1.20 bits per heavy atom. The fourth-order valence-corrected chi connectivity index (χ4v) is 3.40. The van der Waals surface area contributed by atoms with Crippen molar-refractivity contribution in [2.24, 2.45) is 7.05 Å². The molecule has 158 valence electrons. The summed E-state index contributed by atoms with van der Waals surface area (Å²) in [5, 5.41) is 13.9. The third kappa shape index (κ3) is 3.18. The van der Waals surface area contributed by atoms with E-state index in [1.807, 2.05) is 11.6 Å². The highest BCUT2D eigenvalue weighted by molar-refractivity contribution is 5.94. The van der Waals surface area contributed by atoms with Crippen LogP contribution in [0.25, 0.3) is 22.2 Å². The first-order valence-electron chi connectivity index (χ1n) is 8.87. The number of aromatic nitrogens is 3. The first kappa shape index (κ1) is 20.2. The first-order valence-corrected chi connectivity index (χ1v) is 8.87. The van der Waals surface area contributed by atoms with Gasteiger partial charge in [0.1, 0.15) is 18.0 Å². The van der Waals surface area contributed by atoms with Crippen LogP contribution in [0.3, 0.4) is 0 Å². The second-order valence-electron chi connectivity index (χ2n) is 6.91. The van der Waals surface area contributed by atoms with E-state index >= 15 is 0 Å². The lowest BCUT2D eigenvalue weighted by Gasteiger charge is -2.12. The first-order chi connectivity index (χ1) is 14.1. The van der Waals surface area contributed by atoms with Crippen LogP contribution in [0.15, 0.2) is 18.3 Å². The maximum Gasteiger partial charge on any atom is 0.419 e. The summed E-state index contributed by atoms with van der Waals surface area (Å²) in [5.41, 5.74) is -1.17. The monoisotopic (exact) mass is 427 g/mol. The third-order valence-electron chi connectivity index (χ3n) is 5.08. The van der Waals surface area contributed by atoms with Crippen LogP contribution in [0, 0.1) is 11.6 Å². The van der Waals surface area contributed by atoms with Crippen molar-refractivity contribution in [3.8, 4) is 17.0 Å². The van der Waals surface area contributed by atoms with Gasteiger partial charge in [0.2, 0.25) is 0 Å². The normalized spacial score (nSPS) is 16.5. The van der Waals surface area contributed by atoms with E-state index in [1.54, 1.807) is 6.07 Å². The Bertz CT molecular complexity index is 1190. The molecule has 0 saturated carbocycles. The summed E-state index contributed by atoms with van der Waals surface area (Å²) >= 11 is 0. The number of alkyl halides is 3. The smallest absolute Gasteiger partial charge is 0.419 e. The van der Waals surface area contributed by atoms with Gasteiger partial charge in [0.15, 0.2) is 23.6 Å². The van der Waals surface area contributed by atoms with Crippen LogP contribution in [0.2, 0.25) is 0 Å². The van der Waals surface area contributed by atoms with Gasteiger partial charge in [0.25, 0.3) is 0 Å². The second kappa shape index (κ2) is 7.01. The summed E-state index contributed by atoms with van der Waals surface area (Å²) in [7, 11) is 3.34. The average Bonchev–Trinajstić information content (AvgIpc) is 3.33. The standard InChI is InChI=1S/C19H15F5N4O2/c1-27(9-3-4-30-8-9)14-6-13-11(7-25-14)17(26-28(13)2)10-5-12(19(22,23)24)16(21)18(29)15(10)20/h5-7H,3-4,8H2,1-2H3/p+1/b27-9-. The topological polar surface area (TPSA) is 63.2 Å². The molecule has 1 aliphatic heterocycles. The molecular weight excluding hydrogens is 411 g/mol. The van der Waals surface area contributed by atoms with Crippen molar-refractivity contribution >= 4 is 22.4 Å². The number of fused-ring (bicyclic) bond motifs is 1. The maximum absolute atomic E-state index is 14.5.